The average Bonchev–Trinajstić information content (AvgIpc) is 2.92. The van der Waals surface area contributed by atoms with Gasteiger partial charge >= 0.3 is 0 Å². The number of hydrogen-bond donors (Lipinski definition) is 6. The zero-order valence-corrected chi connectivity index (χ0v) is 24.3. The molecule has 3 aliphatic carbocycles. The number of benzene rings is 2. The van der Waals surface area contributed by atoms with Crippen LogP contribution in [0.1, 0.15) is 36.1 Å². The number of phenolic OH excluding ortho intramolecular Hbond substituents is 1. The van der Waals surface area contributed by atoms with E-state index in [1.807, 2.05) is 0 Å². The van der Waals surface area contributed by atoms with Crippen molar-refractivity contribution in [3.05, 3.63) is 75.3 Å². The lowest BCUT2D eigenvalue weighted by Gasteiger charge is -2.50. The molecular formula is C32H39FN4O7. The highest BCUT2D eigenvalue weighted by molar-refractivity contribution is 6.24. The molecule has 1 saturated carbocycles. The molecule has 44 heavy (non-hydrogen) atoms. The number of amides is 1. The van der Waals surface area contributed by atoms with E-state index >= 15 is 0 Å². The summed E-state index contributed by atoms with van der Waals surface area (Å²) < 4.78 is 14.1. The van der Waals surface area contributed by atoms with Crippen molar-refractivity contribution in [2.45, 2.75) is 45.0 Å². The lowest BCUT2D eigenvalue weighted by Crippen LogP contribution is -2.65. The van der Waals surface area contributed by atoms with Crippen LogP contribution in [0, 0.1) is 17.7 Å². The van der Waals surface area contributed by atoms with Gasteiger partial charge in [-0.3, -0.25) is 19.3 Å². The van der Waals surface area contributed by atoms with Gasteiger partial charge in [-0.1, -0.05) is 25.6 Å². The Morgan fingerprint density at radius 1 is 1.09 bits per heavy atom. The van der Waals surface area contributed by atoms with Crippen molar-refractivity contribution in [2.75, 3.05) is 33.1 Å². The number of anilines is 1. The van der Waals surface area contributed by atoms with E-state index in [0.29, 0.717) is 22.4 Å². The van der Waals surface area contributed by atoms with Crippen LogP contribution < -0.4 is 16.0 Å². The highest BCUT2D eigenvalue weighted by atomic mass is 19.1. The summed E-state index contributed by atoms with van der Waals surface area (Å²) in [5.41, 5.74) is 3.63. The Hall–Kier alpha value is -4.26. The number of aliphatic hydroxyl groups is 3. The Balaban J connectivity index is 0.00000442. The minimum Gasteiger partial charge on any atom is -0.508 e. The van der Waals surface area contributed by atoms with Crippen LogP contribution in [0.4, 0.5) is 10.1 Å². The summed E-state index contributed by atoms with van der Waals surface area (Å²) in [5.74, 6) is -7.35. The Morgan fingerprint density at radius 2 is 1.73 bits per heavy atom. The maximum atomic E-state index is 14.1. The molecule has 0 aliphatic heterocycles. The predicted molar refractivity (Wildman–Crippen MR) is 162 cm³/mol. The molecule has 0 unspecified atom stereocenters. The van der Waals surface area contributed by atoms with Gasteiger partial charge in [0.1, 0.15) is 28.7 Å². The summed E-state index contributed by atoms with van der Waals surface area (Å²) in [5, 5.41) is 48.9. The third-order valence-corrected chi connectivity index (χ3v) is 8.85. The molecule has 2 aromatic rings. The minimum absolute atomic E-state index is 0. The molecule has 7 N–H and O–H groups in total. The second kappa shape index (κ2) is 11.7. The highest BCUT2D eigenvalue weighted by Crippen LogP contribution is 2.54. The maximum absolute atomic E-state index is 14.1. The summed E-state index contributed by atoms with van der Waals surface area (Å²) in [6.07, 6.45) is 0.184. The van der Waals surface area contributed by atoms with Gasteiger partial charge in [-0.15, -0.1) is 0 Å². The first-order valence-corrected chi connectivity index (χ1v) is 13.9. The zero-order chi connectivity index (χ0) is 31.5. The van der Waals surface area contributed by atoms with Gasteiger partial charge in [0, 0.05) is 55.5 Å². The zero-order valence-electron chi connectivity index (χ0n) is 24.3. The van der Waals surface area contributed by atoms with Crippen molar-refractivity contribution < 1.29 is 39.2 Å². The van der Waals surface area contributed by atoms with Crippen LogP contribution >= 0.6 is 0 Å². The predicted octanol–water partition coefficient (Wildman–Crippen LogP) is 2.10. The normalized spacial score (nSPS) is 24.5. The number of carbonyl (C=O) groups excluding carboxylic acids is 3. The van der Waals surface area contributed by atoms with Gasteiger partial charge in [0.05, 0.1) is 11.6 Å². The number of phenols is 1. The number of Topliss-reactive ketones (excluding diaryl/α,β-unsaturated/α-hetero) is 2. The number of aliphatic hydroxyl groups excluding tert-OH is 2. The van der Waals surface area contributed by atoms with Gasteiger partial charge in [0.2, 0.25) is 5.78 Å². The molecule has 1 amide bonds. The summed E-state index contributed by atoms with van der Waals surface area (Å²) in [6, 6.07) is 6.88. The Morgan fingerprint density at radius 3 is 2.32 bits per heavy atom. The van der Waals surface area contributed by atoms with Crippen LogP contribution in [0.25, 0.3) is 5.76 Å². The number of hydrogen-bond acceptors (Lipinski definition) is 10. The first-order valence-electron chi connectivity index (χ1n) is 13.9. The van der Waals surface area contributed by atoms with Crippen molar-refractivity contribution in [3.63, 3.8) is 0 Å². The maximum Gasteiger partial charge on any atom is 0.255 e. The van der Waals surface area contributed by atoms with E-state index < -0.39 is 58.0 Å². The van der Waals surface area contributed by atoms with E-state index in [4.69, 9.17) is 5.73 Å². The van der Waals surface area contributed by atoms with Crippen LogP contribution in [-0.2, 0) is 33.9 Å². The first-order chi connectivity index (χ1) is 20.2. The smallest absolute Gasteiger partial charge is 0.255 e. The first kappa shape index (κ1) is 32.6. The Bertz CT molecular complexity index is 1620. The number of ketones is 2. The van der Waals surface area contributed by atoms with Crippen molar-refractivity contribution in [3.8, 4) is 5.75 Å². The van der Waals surface area contributed by atoms with Crippen LogP contribution in [0.3, 0.4) is 0 Å². The van der Waals surface area contributed by atoms with E-state index in [1.54, 1.807) is 57.4 Å². The molecule has 0 saturated heterocycles. The van der Waals surface area contributed by atoms with Gasteiger partial charge in [-0.2, -0.15) is 0 Å². The van der Waals surface area contributed by atoms with E-state index in [0.717, 1.165) is 0 Å². The van der Waals surface area contributed by atoms with Crippen molar-refractivity contribution in [1.29, 1.82) is 0 Å². The van der Waals surface area contributed by atoms with Crippen molar-refractivity contribution in [1.82, 2.24) is 10.2 Å². The molecule has 0 radical (unpaired) electrons. The minimum atomic E-state index is -2.70. The SMILES string of the molecule is C.CN(C)c1cc(CNCc2ccccc2F)c(O)c2c1C[C@H]1C[C@H]3[C@H](N(C)C)C(=O)C(C(N)=O)=C(O)[C@@]3(O)C(=O)C1=C2O. The topological polar surface area (TPSA) is 177 Å². The van der Waals surface area contributed by atoms with E-state index in [1.165, 1.54) is 11.0 Å². The molecule has 0 aromatic heterocycles. The number of rotatable bonds is 7. The number of nitrogens with one attached hydrogen (secondary N) is 1. The van der Waals surface area contributed by atoms with Crippen LogP contribution in [0.5, 0.6) is 5.75 Å². The standard InChI is InChI=1S/C31H35FN4O7.CH4/c1-35(2)20-11-16(13-34-12-14-7-5-6-8-19(14)32)25(37)22-17(20)9-15-10-18-24(36(3)4)27(39)23(30(33)42)29(41)31(18,43)28(40)21(15)26(22)38;/h5-8,11,15,18,24,34,37-38,41,43H,9-10,12-13H2,1-4H3,(H2,33,42);1H4/t15-,18-,24-,31-;/m0./s1. The molecule has 5 rings (SSSR count). The van der Waals surface area contributed by atoms with E-state index in [2.05, 4.69) is 5.32 Å². The van der Waals surface area contributed by atoms with E-state index in [-0.39, 0.29) is 56.1 Å². The summed E-state index contributed by atoms with van der Waals surface area (Å²) in [4.78, 5) is 42.8. The number of carbonyl (C=O) groups is 3. The summed E-state index contributed by atoms with van der Waals surface area (Å²) in [7, 11) is 6.69. The van der Waals surface area contributed by atoms with Gasteiger partial charge in [-0.25, -0.2) is 4.39 Å². The molecule has 236 valence electrons. The number of nitrogens with zero attached hydrogens (tertiary/aromatic N) is 2. The molecule has 1 fully saturated rings. The number of aromatic hydroxyl groups is 1. The lowest BCUT2D eigenvalue weighted by atomic mass is 9.57. The third-order valence-electron chi connectivity index (χ3n) is 8.85. The van der Waals surface area contributed by atoms with Crippen molar-refractivity contribution >= 4 is 28.9 Å². The molecular weight excluding hydrogens is 571 g/mol. The molecule has 3 aliphatic rings. The molecule has 0 heterocycles. The van der Waals surface area contributed by atoms with Crippen LogP contribution in [-0.4, -0.2) is 82.6 Å². The fraction of sp³-hybridized carbons (Fsp3) is 0.406. The Kier molecular flexibility index (Phi) is 8.67. The molecule has 12 heteroatoms. The number of fused-ring (bicyclic) bond motifs is 3. The number of nitrogens with two attached hydrogens (primary N) is 1. The number of likely N-dealkylation sites (N-methyl/N-ethyl adjacent to an activating group) is 1. The van der Waals surface area contributed by atoms with Crippen LogP contribution in [0.2, 0.25) is 0 Å². The number of halogens is 1. The van der Waals surface area contributed by atoms with Gasteiger partial charge in [0.25, 0.3) is 5.91 Å². The van der Waals surface area contributed by atoms with Gasteiger partial charge in [-0.05, 0) is 50.6 Å². The summed E-state index contributed by atoms with van der Waals surface area (Å²) in [6.45, 7) is 0.264. The molecule has 11 nitrogen and oxygen atoms in total. The highest BCUT2D eigenvalue weighted by Gasteiger charge is 2.64. The van der Waals surface area contributed by atoms with Gasteiger partial charge in [0.15, 0.2) is 11.4 Å². The lowest BCUT2D eigenvalue weighted by molar-refractivity contribution is -0.153. The third kappa shape index (κ3) is 4.83. The quantitative estimate of drug-likeness (QED) is 0.255. The monoisotopic (exact) mass is 610 g/mol. The molecule has 0 spiro atoms. The summed E-state index contributed by atoms with van der Waals surface area (Å²) >= 11 is 0. The Labute approximate surface area is 255 Å². The molecule has 0 bridgehead atoms. The molecule has 4 atom stereocenters. The second-order valence-electron chi connectivity index (χ2n) is 11.8. The fourth-order valence-electron chi connectivity index (χ4n) is 6.85. The van der Waals surface area contributed by atoms with Crippen LogP contribution in [0.15, 0.2) is 47.2 Å². The van der Waals surface area contributed by atoms with E-state index in [9.17, 15) is 39.2 Å². The van der Waals surface area contributed by atoms with Gasteiger partial charge < -0.3 is 36.4 Å². The second-order valence-corrected chi connectivity index (χ2v) is 11.8. The average molecular weight is 611 g/mol. The largest absolute Gasteiger partial charge is 0.508 e. The molecule has 2 aromatic carbocycles. The fourth-order valence-corrected chi connectivity index (χ4v) is 6.85. The number of primary amides is 1. The van der Waals surface area contributed by atoms with Crippen molar-refractivity contribution in [2.24, 2.45) is 17.6 Å².